The van der Waals surface area contributed by atoms with Crippen molar-refractivity contribution >= 4 is 28.8 Å². The molecule has 1 amide bonds. The third kappa shape index (κ3) is 3.47. The van der Waals surface area contributed by atoms with Gasteiger partial charge in [-0.1, -0.05) is 29.8 Å². The Morgan fingerprint density at radius 2 is 2.00 bits per heavy atom. The molecule has 29 heavy (non-hydrogen) atoms. The van der Waals surface area contributed by atoms with Gasteiger partial charge >= 0.3 is 0 Å². The van der Waals surface area contributed by atoms with Crippen LogP contribution in [0.15, 0.2) is 65.8 Å². The molecule has 0 saturated carbocycles. The molecule has 1 aliphatic rings. The summed E-state index contributed by atoms with van der Waals surface area (Å²) in [5.41, 5.74) is 3.34. The molecule has 1 atom stereocenters. The average Bonchev–Trinajstić information content (AvgIpc) is 3.33. The van der Waals surface area contributed by atoms with Crippen LogP contribution in [0.25, 0.3) is 5.76 Å². The van der Waals surface area contributed by atoms with E-state index in [-0.39, 0.29) is 17.9 Å². The van der Waals surface area contributed by atoms with Crippen molar-refractivity contribution in [3.05, 3.63) is 92.9 Å². The van der Waals surface area contributed by atoms with E-state index >= 15 is 0 Å². The number of thiophene rings is 1. The number of likely N-dealkylation sites (tertiary alicyclic amines) is 1. The topological polar surface area (TPSA) is 70.5 Å². The summed E-state index contributed by atoms with van der Waals surface area (Å²) in [6.45, 7) is 4.04. The van der Waals surface area contributed by atoms with Gasteiger partial charge in [-0.25, -0.2) is 0 Å². The molecule has 5 nitrogen and oxygen atoms in total. The van der Waals surface area contributed by atoms with Crippen LogP contribution in [0, 0.1) is 13.8 Å². The predicted octanol–water partition coefficient (Wildman–Crippen LogP) is 4.38. The van der Waals surface area contributed by atoms with Crippen molar-refractivity contribution in [1.82, 2.24) is 9.88 Å². The number of Topliss-reactive ketones (excluding diaryl/α,β-unsaturated/α-hetero) is 1. The lowest BCUT2D eigenvalue weighted by Gasteiger charge is -2.24. The first kappa shape index (κ1) is 19.1. The summed E-state index contributed by atoms with van der Waals surface area (Å²) in [6.07, 6.45) is 3.34. The summed E-state index contributed by atoms with van der Waals surface area (Å²) in [4.78, 5) is 32.4. The van der Waals surface area contributed by atoms with Crippen LogP contribution >= 0.6 is 11.3 Å². The Bertz CT molecular complexity index is 1100. The second-order valence-electron chi connectivity index (χ2n) is 7.12. The number of aryl methyl sites for hydroxylation is 2. The standard InChI is InChI=1S/C23H20N2O3S/c1-14-7-8-15(2)17(11-14)21(26)19-20(18-6-4-10-29-18)25(23(28)22(19)27)13-16-5-3-9-24-12-16/h3-12,20,26H,13H2,1-2H3. The van der Waals surface area contributed by atoms with E-state index < -0.39 is 17.7 Å². The van der Waals surface area contributed by atoms with Gasteiger partial charge in [-0.2, -0.15) is 0 Å². The van der Waals surface area contributed by atoms with Gasteiger partial charge in [0.1, 0.15) is 5.76 Å². The molecule has 1 fully saturated rings. The molecule has 1 aliphatic heterocycles. The molecule has 3 aromatic rings. The van der Waals surface area contributed by atoms with Crippen LogP contribution in [-0.4, -0.2) is 26.7 Å². The lowest BCUT2D eigenvalue weighted by atomic mass is 9.96. The number of carbonyl (C=O) groups is 2. The number of ketones is 1. The molecule has 0 radical (unpaired) electrons. The number of aromatic nitrogens is 1. The van der Waals surface area contributed by atoms with Crippen LogP contribution in [0.4, 0.5) is 0 Å². The molecule has 4 rings (SSSR count). The van der Waals surface area contributed by atoms with Crippen molar-refractivity contribution in [3.8, 4) is 0 Å². The molecular weight excluding hydrogens is 384 g/mol. The molecule has 146 valence electrons. The number of aliphatic hydroxyl groups is 1. The number of rotatable bonds is 4. The zero-order valence-electron chi connectivity index (χ0n) is 16.1. The monoisotopic (exact) mass is 404 g/mol. The Morgan fingerprint density at radius 3 is 2.69 bits per heavy atom. The fraction of sp³-hybridized carbons (Fsp3) is 0.174. The average molecular weight is 404 g/mol. The first-order valence-corrected chi connectivity index (χ1v) is 10.1. The molecule has 2 aromatic heterocycles. The van der Waals surface area contributed by atoms with Gasteiger partial charge in [0.15, 0.2) is 0 Å². The van der Waals surface area contributed by atoms with E-state index in [1.807, 2.05) is 55.6 Å². The van der Waals surface area contributed by atoms with E-state index in [1.165, 1.54) is 16.2 Å². The number of aliphatic hydroxyl groups excluding tert-OH is 1. The maximum Gasteiger partial charge on any atom is 0.295 e. The molecule has 0 bridgehead atoms. The minimum atomic E-state index is -0.661. The number of amides is 1. The van der Waals surface area contributed by atoms with E-state index in [9.17, 15) is 14.7 Å². The summed E-state index contributed by atoms with van der Waals surface area (Å²) in [7, 11) is 0. The number of pyridine rings is 1. The smallest absolute Gasteiger partial charge is 0.295 e. The van der Waals surface area contributed by atoms with Crippen LogP contribution in [0.1, 0.15) is 33.2 Å². The minimum absolute atomic E-state index is 0.128. The lowest BCUT2D eigenvalue weighted by Crippen LogP contribution is -2.28. The van der Waals surface area contributed by atoms with Crippen molar-refractivity contribution in [3.63, 3.8) is 0 Å². The third-order valence-electron chi connectivity index (χ3n) is 5.08. The van der Waals surface area contributed by atoms with Gasteiger partial charge in [-0.05, 0) is 48.6 Å². The Labute approximate surface area is 173 Å². The second kappa shape index (κ2) is 7.64. The fourth-order valence-corrected chi connectivity index (χ4v) is 4.46. The maximum absolute atomic E-state index is 13.0. The van der Waals surface area contributed by atoms with Crippen molar-refractivity contribution < 1.29 is 14.7 Å². The van der Waals surface area contributed by atoms with Crippen LogP contribution in [0.2, 0.25) is 0 Å². The second-order valence-corrected chi connectivity index (χ2v) is 8.10. The molecule has 0 aliphatic carbocycles. The minimum Gasteiger partial charge on any atom is -0.507 e. The first-order valence-electron chi connectivity index (χ1n) is 9.25. The summed E-state index contributed by atoms with van der Waals surface area (Å²) in [5.74, 6) is -1.40. The van der Waals surface area contributed by atoms with Gasteiger partial charge in [0, 0.05) is 29.4 Å². The number of hydrogen-bond acceptors (Lipinski definition) is 5. The van der Waals surface area contributed by atoms with Crippen molar-refractivity contribution in [2.24, 2.45) is 0 Å². The highest BCUT2D eigenvalue weighted by Crippen LogP contribution is 2.42. The van der Waals surface area contributed by atoms with Crippen LogP contribution in [0.3, 0.4) is 0 Å². The van der Waals surface area contributed by atoms with E-state index in [0.717, 1.165) is 21.6 Å². The lowest BCUT2D eigenvalue weighted by molar-refractivity contribution is -0.140. The molecule has 1 aromatic carbocycles. The summed E-state index contributed by atoms with van der Waals surface area (Å²) in [6, 6.07) is 12.5. The predicted molar refractivity (Wildman–Crippen MR) is 112 cm³/mol. The molecular formula is C23H20N2O3S. The zero-order valence-corrected chi connectivity index (χ0v) is 16.9. The van der Waals surface area contributed by atoms with E-state index in [1.54, 1.807) is 18.5 Å². The Morgan fingerprint density at radius 1 is 1.17 bits per heavy atom. The Kier molecular flexibility index (Phi) is 5.03. The van der Waals surface area contributed by atoms with Crippen LogP contribution in [0.5, 0.6) is 0 Å². The molecule has 3 heterocycles. The van der Waals surface area contributed by atoms with Gasteiger partial charge in [0.25, 0.3) is 11.7 Å². The third-order valence-corrected chi connectivity index (χ3v) is 6.00. The number of nitrogens with zero attached hydrogens (tertiary/aromatic N) is 2. The molecule has 1 saturated heterocycles. The van der Waals surface area contributed by atoms with E-state index in [4.69, 9.17) is 0 Å². The van der Waals surface area contributed by atoms with Crippen molar-refractivity contribution in [1.29, 1.82) is 0 Å². The molecule has 1 unspecified atom stereocenters. The van der Waals surface area contributed by atoms with Crippen LogP contribution in [-0.2, 0) is 16.1 Å². The summed E-state index contributed by atoms with van der Waals surface area (Å²) in [5, 5.41) is 13.0. The molecule has 0 spiro atoms. The van der Waals surface area contributed by atoms with Crippen molar-refractivity contribution in [2.75, 3.05) is 0 Å². The largest absolute Gasteiger partial charge is 0.507 e. The quantitative estimate of drug-likeness (QED) is 0.398. The van der Waals surface area contributed by atoms with E-state index in [2.05, 4.69) is 4.98 Å². The van der Waals surface area contributed by atoms with Gasteiger partial charge in [-0.3, -0.25) is 14.6 Å². The van der Waals surface area contributed by atoms with Gasteiger partial charge in [0.2, 0.25) is 0 Å². The molecule has 6 heteroatoms. The summed E-state index contributed by atoms with van der Waals surface area (Å²) >= 11 is 1.46. The Hall–Kier alpha value is -3.25. The van der Waals surface area contributed by atoms with Crippen molar-refractivity contribution in [2.45, 2.75) is 26.4 Å². The Balaban J connectivity index is 1.87. The van der Waals surface area contributed by atoms with E-state index in [0.29, 0.717) is 5.56 Å². The summed E-state index contributed by atoms with van der Waals surface area (Å²) < 4.78 is 0. The normalized spacial score (nSPS) is 18.4. The van der Waals surface area contributed by atoms with Gasteiger partial charge in [-0.15, -0.1) is 11.3 Å². The zero-order chi connectivity index (χ0) is 20.5. The SMILES string of the molecule is Cc1ccc(C)c(C(O)=C2C(=O)C(=O)N(Cc3cccnc3)C2c2cccs2)c1. The number of benzene rings is 1. The van der Waals surface area contributed by atoms with Gasteiger partial charge in [0.05, 0.1) is 11.6 Å². The highest BCUT2D eigenvalue weighted by atomic mass is 32.1. The highest BCUT2D eigenvalue weighted by Gasteiger charge is 2.46. The van der Waals surface area contributed by atoms with Gasteiger partial charge < -0.3 is 10.0 Å². The fourth-order valence-electron chi connectivity index (χ4n) is 3.61. The number of carbonyl (C=O) groups excluding carboxylic acids is 2. The van der Waals surface area contributed by atoms with Crippen LogP contribution < -0.4 is 0 Å². The first-order chi connectivity index (χ1) is 14.0. The highest BCUT2D eigenvalue weighted by molar-refractivity contribution is 7.10. The maximum atomic E-state index is 13.0. The molecule has 1 N–H and O–H groups in total. The number of hydrogen-bond donors (Lipinski definition) is 1.